The van der Waals surface area contributed by atoms with Crippen LogP contribution in [0.1, 0.15) is 32.3 Å². The van der Waals surface area contributed by atoms with Crippen molar-refractivity contribution >= 4 is 21.6 Å². The Hall–Kier alpha value is -0.540. The minimum absolute atomic E-state index is 0.395. The van der Waals surface area contributed by atoms with Crippen LogP contribution in [0.3, 0.4) is 0 Å². The second kappa shape index (κ2) is 6.07. The summed E-state index contributed by atoms with van der Waals surface area (Å²) in [5.41, 5.74) is 2.53. The molecule has 1 aliphatic rings. The van der Waals surface area contributed by atoms with E-state index in [0.29, 0.717) is 18.1 Å². The highest BCUT2D eigenvalue weighted by Crippen LogP contribution is 2.26. The second-order valence-corrected chi connectivity index (χ2v) is 6.39. The van der Waals surface area contributed by atoms with Crippen LogP contribution in [0.5, 0.6) is 0 Å². The quantitative estimate of drug-likeness (QED) is 0.894. The van der Waals surface area contributed by atoms with Gasteiger partial charge < -0.3 is 10.1 Å². The summed E-state index contributed by atoms with van der Waals surface area (Å²) in [6, 6.07) is 6.93. The Labute approximate surface area is 118 Å². The third-order valence-electron chi connectivity index (χ3n) is 3.61. The molecule has 1 heterocycles. The van der Waals surface area contributed by atoms with Crippen LogP contribution in [0.4, 0.5) is 5.69 Å². The molecule has 0 radical (unpaired) electrons. The lowest BCUT2D eigenvalue weighted by molar-refractivity contribution is -0.0160. The van der Waals surface area contributed by atoms with Crippen molar-refractivity contribution in [2.75, 3.05) is 11.9 Å². The number of aryl methyl sites for hydroxylation is 1. The maximum absolute atomic E-state index is 5.81. The highest BCUT2D eigenvalue weighted by atomic mass is 79.9. The van der Waals surface area contributed by atoms with Gasteiger partial charge in [-0.15, -0.1) is 0 Å². The standard InChI is InChI=1S/C15H22BrNO/c1-10(2)15-9-13(6-7-18-15)17-14-5-4-12(16)8-11(14)3/h4-5,8,10,13,15,17H,6-7,9H2,1-3H3. The van der Waals surface area contributed by atoms with Crippen molar-refractivity contribution in [1.82, 2.24) is 0 Å². The van der Waals surface area contributed by atoms with Gasteiger partial charge in [-0.25, -0.2) is 0 Å². The predicted octanol–water partition coefficient (Wildman–Crippen LogP) is 4.37. The molecule has 0 amide bonds. The monoisotopic (exact) mass is 311 g/mol. The number of halogens is 1. The van der Waals surface area contributed by atoms with E-state index in [4.69, 9.17) is 4.74 Å². The van der Waals surface area contributed by atoms with E-state index < -0.39 is 0 Å². The van der Waals surface area contributed by atoms with Gasteiger partial charge in [0.1, 0.15) is 0 Å². The Bertz CT molecular complexity index is 405. The first-order valence-corrected chi connectivity index (χ1v) is 7.50. The topological polar surface area (TPSA) is 21.3 Å². The van der Waals surface area contributed by atoms with Gasteiger partial charge in [-0.05, 0) is 49.4 Å². The highest BCUT2D eigenvalue weighted by molar-refractivity contribution is 9.10. The lowest BCUT2D eigenvalue weighted by atomic mass is 9.95. The summed E-state index contributed by atoms with van der Waals surface area (Å²) < 4.78 is 6.95. The van der Waals surface area contributed by atoms with Crippen LogP contribution in [0.2, 0.25) is 0 Å². The second-order valence-electron chi connectivity index (χ2n) is 5.48. The fourth-order valence-corrected chi connectivity index (χ4v) is 2.91. The average molecular weight is 312 g/mol. The molecular formula is C15H22BrNO. The summed E-state index contributed by atoms with van der Waals surface area (Å²) in [4.78, 5) is 0. The van der Waals surface area contributed by atoms with E-state index in [0.717, 1.165) is 23.9 Å². The zero-order valence-electron chi connectivity index (χ0n) is 11.4. The first-order chi connectivity index (χ1) is 8.56. The molecule has 0 bridgehead atoms. The van der Waals surface area contributed by atoms with Gasteiger partial charge in [0, 0.05) is 22.8 Å². The zero-order chi connectivity index (χ0) is 13.1. The number of hydrogen-bond acceptors (Lipinski definition) is 2. The van der Waals surface area contributed by atoms with Crippen molar-refractivity contribution in [2.45, 2.75) is 45.8 Å². The van der Waals surface area contributed by atoms with E-state index >= 15 is 0 Å². The molecule has 1 aromatic carbocycles. The molecule has 18 heavy (non-hydrogen) atoms. The van der Waals surface area contributed by atoms with Crippen LogP contribution in [-0.4, -0.2) is 18.8 Å². The Kier molecular flexibility index (Phi) is 4.68. The molecule has 2 nitrogen and oxygen atoms in total. The highest BCUT2D eigenvalue weighted by Gasteiger charge is 2.24. The zero-order valence-corrected chi connectivity index (χ0v) is 13.0. The summed E-state index contributed by atoms with van der Waals surface area (Å²) >= 11 is 3.50. The van der Waals surface area contributed by atoms with Crippen LogP contribution in [0.15, 0.2) is 22.7 Å². The molecule has 100 valence electrons. The molecule has 1 aromatic rings. The van der Waals surface area contributed by atoms with E-state index in [1.165, 1.54) is 11.3 Å². The maximum Gasteiger partial charge on any atom is 0.0617 e. The Morgan fingerprint density at radius 2 is 2.17 bits per heavy atom. The van der Waals surface area contributed by atoms with Gasteiger partial charge >= 0.3 is 0 Å². The van der Waals surface area contributed by atoms with E-state index in [1.807, 2.05) is 0 Å². The Morgan fingerprint density at radius 1 is 1.39 bits per heavy atom. The van der Waals surface area contributed by atoms with Crippen molar-refractivity contribution in [3.05, 3.63) is 28.2 Å². The number of benzene rings is 1. The lowest BCUT2D eigenvalue weighted by Crippen LogP contribution is -2.36. The van der Waals surface area contributed by atoms with Crippen molar-refractivity contribution in [3.63, 3.8) is 0 Å². The van der Waals surface area contributed by atoms with Gasteiger partial charge in [0.25, 0.3) is 0 Å². The van der Waals surface area contributed by atoms with Crippen LogP contribution in [0, 0.1) is 12.8 Å². The number of hydrogen-bond donors (Lipinski definition) is 1. The average Bonchev–Trinajstić information content (AvgIpc) is 2.33. The minimum atomic E-state index is 0.395. The third-order valence-corrected chi connectivity index (χ3v) is 4.10. The van der Waals surface area contributed by atoms with Crippen LogP contribution < -0.4 is 5.32 Å². The normalized spacial score (nSPS) is 24.3. The molecule has 1 aliphatic heterocycles. The van der Waals surface area contributed by atoms with Crippen molar-refractivity contribution in [1.29, 1.82) is 0 Å². The van der Waals surface area contributed by atoms with Crippen molar-refractivity contribution in [3.8, 4) is 0 Å². The molecule has 0 spiro atoms. The van der Waals surface area contributed by atoms with Crippen molar-refractivity contribution in [2.24, 2.45) is 5.92 Å². The molecule has 0 aromatic heterocycles. The summed E-state index contributed by atoms with van der Waals surface area (Å²) in [5.74, 6) is 0.598. The minimum Gasteiger partial charge on any atom is -0.382 e. The number of nitrogens with one attached hydrogen (secondary N) is 1. The number of ether oxygens (including phenoxy) is 1. The maximum atomic E-state index is 5.81. The summed E-state index contributed by atoms with van der Waals surface area (Å²) in [6.07, 6.45) is 2.60. The molecule has 2 rings (SSSR count). The fourth-order valence-electron chi connectivity index (χ4n) is 2.43. The number of rotatable bonds is 3. The fraction of sp³-hybridized carbons (Fsp3) is 0.600. The molecule has 0 aliphatic carbocycles. The first kappa shape index (κ1) is 13.9. The van der Waals surface area contributed by atoms with E-state index in [2.05, 4.69) is 60.2 Å². The molecule has 3 heteroatoms. The smallest absolute Gasteiger partial charge is 0.0617 e. The van der Waals surface area contributed by atoms with Gasteiger partial charge in [0.15, 0.2) is 0 Å². The molecule has 2 unspecified atom stereocenters. The van der Waals surface area contributed by atoms with Crippen LogP contribution >= 0.6 is 15.9 Å². The summed E-state index contributed by atoms with van der Waals surface area (Å²) in [7, 11) is 0. The largest absolute Gasteiger partial charge is 0.382 e. The van der Waals surface area contributed by atoms with Gasteiger partial charge in [0.05, 0.1) is 6.10 Å². The van der Waals surface area contributed by atoms with Crippen molar-refractivity contribution < 1.29 is 4.74 Å². The van der Waals surface area contributed by atoms with Crippen LogP contribution in [0.25, 0.3) is 0 Å². The third kappa shape index (κ3) is 3.48. The summed E-state index contributed by atoms with van der Waals surface area (Å²) in [6.45, 7) is 7.48. The summed E-state index contributed by atoms with van der Waals surface area (Å²) in [5, 5.41) is 3.66. The molecular weight excluding hydrogens is 290 g/mol. The number of anilines is 1. The van der Waals surface area contributed by atoms with Gasteiger partial charge in [-0.1, -0.05) is 29.8 Å². The van der Waals surface area contributed by atoms with E-state index in [-0.39, 0.29) is 0 Å². The van der Waals surface area contributed by atoms with E-state index in [1.54, 1.807) is 0 Å². The SMILES string of the molecule is Cc1cc(Br)ccc1NC1CCOC(C(C)C)C1. The lowest BCUT2D eigenvalue weighted by Gasteiger charge is -2.33. The van der Waals surface area contributed by atoms with Gasteiger partial charge in [-0.2, -0.15) is 0 Å². The Morgan fingerprint density at radius 3 is 2.83 bits per heavy atom. The van der Waals surface area contributed by atoms with Gasteiger partial charge in [0.2, 0.25) is 0 Å². The van der Waals surface area contributed by atoms with Crippen LogP contribution in [-0.2, 0) is 4.74 Å². The van der Waals surface area contributed by atoms with E-state index in [9.17, 15) is 0 Å². The molecule has 0 saturated carbocycles. The Balaban J connectivity index is 2.00. The molecule has 2 atom stereocenters. The predicted molar refractivity (Wildman–Crippen MR) is 80.1 cm³/mol. The molecule has 1 saturated heterocycles. The molecule has 1 N–H and O–H groups in total. The molecule has 1 fully saturated rings. The first-order valence-electron chi connectivity index (χ1n) is 6.70. The van der Waals surface area contributed by atoms with Gasteiger partial charge in [-0.3, -0.25) is 0 Å².